The maximum atomic E-state index is 11.2. The van der Waals surface area contributed by atoms with Crippen LogP contribution in [0.2, 0.25) is 0 Å². The van der Waals surface area contributed by atoms with Gasteiger partial charge in [-0.05, 0) is 19.8 Å². The second kappa shape index (κ2) is 4.18. The molecule has 0 aromatic heterocycles. The van der Waals surface area contributed by atoms with Gasteiger partial charge in [0, 0.05) is 5.54 Å². The molecule has 1 fully saturated rings. The number of hydrogen-bond acceptors (Lipinski definition) is 1. The highest BCUT2D eigenvalue weighted by Crippen LogP contribution is 2.28. The Labute approximate surface area is 79.3 Å². The highest BCUT2D eigenvalue weighted by atomic mass is 16.2. The monoisotopic (exact) mass is 180 g/mol. The molecule has 0 unspecified atom stereocenters. The summed E-state index contributed by atoms with van der Waals surface area (Å²) in [5.74, 6) is 2.36. The van der Waals surface area contributed by atoms with Crippen molar-refractivity contribution < 1.29 is 4.79 Å². The average Bonchev–Trinajstić information content (AvgIpc) is 2.48. The topological polar surface area (TPSA) is 41.1 Å². The molecule has 0 aromatic rings. The van der Waals surface area contributed by atoms with Gasteiger partial charge >= 0.3 is 6.03 Å². The van der Waals surface area contributed by atoms with Crippen LogP contribution in [0.15, 0.2) is 0 Å². The Balaban J connectivity index is 2.31. The molecule has 0 saturated heterocycles. The lowest BCUT2D eigenvalue weighted by Gasteiger charge is -2.24. The zero-order valence-electron chi connectivity index (χ0n) is 8.02. The number of nitrogens with one attached hydrogen (secondary N) is 2. The Morgan fingerprint density at radius 1 is 1.54 bits per heavy atom. The number of hydrogen-bond donors (Lipinski definition) is 2. The first-order chi connectivity index (χ1) is 6.16. The number of rotatable bonds is 2. The predicted octanol–water partition coefficient (Wildman–Crippen LogP) is 1.25. The van der Waals surface area contributed by atoms with Gasteiger partial charge in [0.15, 0.2) is 0 Å². The average molecular weight is 180 g/mol. The fourth-order valence-electron chi connectivity index (χ4n) is 1.73. The molecule has 2 amide bonds. The van der Waals surface area contributed by atoms with E-state index in [0.29, 0.717) is 6.54 Å². The van der Waals surface area contributed by atoms with E-state index in [0.717, 1.165) is 12.8 Å². The van der Waals surface area contributed by atoms with Gasteiger partial charge in [-0.1, -0.05) is 18.8 Å². The van der Waals surface area contributed by atoms with Crippen molar-refractivity contribution in [3.05, 3.63) is 0 Å². The SMILES string of the molecule is C#CCNC(=O)NC1(C)CCCC1. The largest absolute Gasteiger partial charge is 0.333 e. The zero-order chi connectivity index (χ0) is 9.73. The van der Waals surface area contributed by atoms with Gasteiger partial charge in [0.1, 0.15) is 0 Å². The molecular formula is C10H16N2O. The molecule has 0 spiro atoms. The summed E-state index contributed by atoms with van der Waals surface area (Å²) in [7, 11) is 0. The van der Waals surface area contributed by atoms with Crippen molar-refractivity contribution in [2.24, 2.45) is 0 Å². The van der Waals surface area contributed by atoms with E-state index in [1.807, 2.05) is 0 Å². The fraction of sp³-hybridized carbons (Fsp3) is 0.700. The van der Waals surface area contributed by atoms with Gasteiger partial charge in [-0.25, -0.2) is 4.79 Å². The number of carbonyl (C=O) groups is 1. The normalized spacial score (nSPS) is 19.1. The van der Waals surface area contributed by atoms with Crippen molar-refractivity contribution in [2.45, 2.75) is 38.1 Å². The molecule has 1 saturated carbocycles. The third-order valence-electron chi connectivity index (χ3n) is 2.47. The molecule has 2 N–H and O–H groups in total. The van der Waals surface area contributed by atoms with Crippen LogP contribution in [-0.2, 0) is 0 Å². The van der Waals surface area contributed by atoms with E-state index in [2.05, 4.69) is 23.5 Å². The molecule has 1 rings (SSSR count). The van der Waals surface area contributed by atoms with Gasteiger partial charge in [-0.15, -0.1) is 6.42 Å². The Morgan fingerprint density at radius 2 is 2.15 bits per heavy atom. The van der Waals surface area contributed by atoms with Gasteiger partial charge in [0.25, 0.3) is 0 Å². The van der Waals surface area contributed by atoms with Gasteiger partial charge in [-0.2, -0.15) is 0 Å². The quantitative estimate of drug-likeness (QED) is 0.617. The van der Waals surface area contributed by atoms with Crippen LogP contribution in [0.1, 0.15) is 32.6 Å². The molecule has 0 bridgehead atoms. The third-order valence-corrected chi connectivity index (χ3v) is 2.47. The summed E-state index contributed by atoms with van der Waals surface area (Å²) in [6.45, 7) is 2.37. The van der Waals surface area contributed by atoms with Crippen LogP contribution in [-0.4, -0.2) is 18.1 Å². The zero-order valence-corrected chi connectivity index (χ0v) is 8.02. The van der Waals surface area contributed by atoms with Gasteiger partial charge in [0.05, 0.1) is 6.54 Å². The molecule has 0 aromatic carbocycles. The molecule has 0 radical (unpaired) electrons. The smallest absolute Gasteiger partial charge is 0.315 e. The number of urea groups is 1. The van der Waals surface area contributed by atoms with Crippen LogP contribution in [0.3, 0.4) is 0 Å². The van der Waals surface area contributed by atoms with E-state index in [4.69, 9.17) is 6.42 Å². The van der Waals surface area contributed by atoms with Crippen LogP contribution >= 0.6 is 0 Å². The number of terminal acetylenes is 1. The molecule has 3 nitrogen and oxygen atoms in total. The molecular weight excluding hydrogens is 164 g/mol. The number of amides is 2. The van der Waals surface area contributed by atoms with Gasteiger partial charge in [0.2, 0.25) is 0 Å². The van der Waals surface area contributed by atoms with E-state index >= 15 is 0 Å². The van der Waals surface area contributed by atoms with E-state index in [1.54, 1.807) is 0 Å². The Hall–Kier alpha value is -1.17. The standard InChI is InChI=1S/C10H16N2O/c1-3-8-11-9(13)12-10(2)6-4-5-7-10/h1H,4-8H2,2H3,(H2,11,12,13). The molecule has 1 aliphatic rings. The van der Waals surface area contributed by atoms with Crippen molar-refractivity contribution in [3.63, 3.8) is 0 Å². The van der Waals surface area contributed by atoms with E-state index in [1.165, 1.54) is 12.8 Å². The van der Waals surface area contributed by atoms with Crippen LogP contribution in [0.5, 0.6) is 0 Å². The van der Waals surface area contributed by atoms with Crippen LogP contribution < -0.4 is 10.6 Å². The van der Waals surface area contributed by atoms with Crippen LogP contribution in [0.4, 0.5) is 4.79 Å². The summed E-state index contributed by atoms with van der Waals surface area (Å²) >= 11 is 0. The Morgan fingerprint density at radius 3 is 2.69 bits per heavy atom. The Kier molecular flexibility index (Phi) is 3.18. The summed E-state index contributed by atoms with van der Waals surface area (Å²) in [6.07, 6.45) is 9.56. The van der Waals surface area contributed by atoms with Crippen molar-refractivity contribution in [3.8, 4) is 12.3 Å². The highest BCUT2D eigenvalue weighted by Gasteiger charge is 2.29. The first-order valence-electron chi connectivity index (χ1n) is 4.66. The maximum Gasteiger partial charge on any atom is 0.315 e. The van der Waals surface area contributed by atoms with E-state index in [-0.39, 0.29) is 11.6 Å². The molecule has 3 heteroatoms. The predicted molar refractivity (Wildman–Crippen MR) is 52.2 cm³/mol. The molecule has 13 heavy (non-hydrogen) atoms. The minimum absolute atomic E-state index is 0.0152. The molecule has 1 aliphatic carbocycles. The Bertz CT molecular complexity index is 224. The number of carbonyl (C=O) groups excluding carboxylic acids is 1. The van der Waals surface area contributed by atoms with Gasteiger partial charge in [-0.3, -0.25) is 0 Å². The van der Waals surface area contributed by atoms with Crippen LogP contribution in [0.25, 0.3) is 0 Å². The molecule has 0 heterocycles. The minimum atomic E-state index is -0.151. The highest BCUT2D eigenvalue weighted by molar-refractivity contribution is 5.75. The third kappa shape index (κ3) is 2.98. The summed E-state index contributed by atoms with van der Waals surface area (Å²) in [4.78, 5) is 11.2. The summed E-state index contributed by atoms with van der Waals surface area (Å²) in [5, 5.41) is 5.54. The lowest BCUT2D eigenvalue weighted by Crippen LogP contribution is -2.48. The minimum Gasteiger partial charge on any atom is -0.333 e. The molecule has 72 valence electrons. The molecule has 0 atom stereocenters. The lowest BCUT2D eigenvalue weighted by atomic mass is 10.0. The van der Waals surface area contributed by atoms with Crippen molar-refractivity contribution >= 4 is 6.03 Å². The summed E-state index contributed by atoms with van der Waals surface area (Å²) in [6, 6.07) is -0.151. The maximum absolute atomic E-state index is 11.2. The van der Waals surface area contributed by atoms with E-state index in [9.17, 15) is 4.79 Å². The van der Waals surface area contributed by atoms with E-state index < -0.39 is 0 Å². The van der Waals surface area contributed by atoms with Gasteiger partial charge < -0.3 is 10.6 Å². The summed E-state index contributed by atoms with van der Waals surface area (Å²) < 4.78 is 0. The van der Waals surface area contributed by atoms with Crippen molar-refractivity contribution in [1.29, 1.82) is 0 Å². The lowest BCUT2D eigenvalue weighted by molar-refractivity contribution is 0.229. The first kappa shape index (κ1) is 9.91. The second-order valence-corrected chi connectivity index (χ2v) is 3.78. The van der Waals surface area contributed by atoms with Crippen molar-refractivity contribution in [2.75, 3.05) is 6.54 Å². The second-order valence-electron chi connectivity index (χ2n) is 3.78. The molecule has 0 aliphatic heterocycles. The fourth-order valence-corrected chi connectivity index (χ4v) is 1.73. The first-order valence-corrected chi connectivity index (χ1v) is 4.66. The van der Waals surface area contributed by atoms with Crippen molar-refractivity contribution in [1.82, 2.24) is 10.6 Å². The van der Waals surface area contributed by atoms with Crippen LogP contribution in [0, 0.1) is 12.3 Å². The summed E-state index contributed by atoms with van der Waals surface area (Å²) in [5.41, 5.74) is -0.0152.